The van der Waals surface area contributed by atoms with Gasteiger partial charge in [0.2, 0.25) is 0 Å². The summed E-state index contributed by atoms with van der Waals surface area (Å²) in [4.78, 5) is 43.3. The lowest BCUT2D eigenvalue weighted by molar-refractivity contribution is -0.121. The number of H-pyrrole nitrogens is 1. The van der Waals surface area contributed by atoms with Crippen LogP contribution in [0.3, 0.4) is 0 Å². The van der Waals surface area contributed by atoms with Gasteiger partial charge in [0.05, 0.1) is 35.7 Å². The lowest BCUT2D eigenvalue weighted by Gasteiger charge is -2.29. The van der Waals surface area contributed by atoms with Gasteiger partial charge in [-0.25, -0.2) is 14.0 Å². The molecule has 1 saturated heterocycles. The number of ether oxygens (including phenoxy) is 1. The van der Waals surface area contributed by atoms with Gasteiger partial charge in [0.1, 0.15) is 11.5 Å². The van der Waals surface area contributed by atoms with E-state index in [1.54, 1.807) is 42.2 Å². The molecule has 0 bridgehead atoms. The molecule has 2 amide bonds. The predicted molar refractivity (Wildman–Crippen MR) is 124 cm³/mol. The highest BCUT2D eigenvalue weighted by molar-refractivity contribution is 6.45. The van der Waals surface area contributed by atoms with E-state index in [1.165, 1.54) is 22.9 Å². The number of aromatic nitrogens is 2. The number of nitrogens with zero attached hydrogens (tertiary/aromatic N) is 3. The summed E-state index contributed by atoms with van der Waals surface area (Å²) in [5.41, 5.74) is 0.242. The van der Waals surface area contributed by atoms with Crippen molar-refractivity contribution in [2.75, 3.05) is 31.2 Å². The molecule has 0 saturated carbocycles. The molecule has 0 spiro atoms. The first-order valence-electron chi connectivity index (χ1n) is 10.7. The summed E-state index contributed by atoms with van der Waals surface area (Å²) >= 11 is 6.09. The molecule has 174 valence electrons. The smallest absolute Gasteiger partial charge is 0.282 e. The molecule has 8 nitrogen and oxygen atoms in total. The van der Waals surface area contributed by atoms with Crippen LogP contribution < -0.4 is 10.5 Å². The minimum atomic E-state index is -0.756. The first-order valence-corrected chi connectivity index (χ1v) is 11.0. The van der Waals surface area contributed by atoms with Crippen LogP contribution in [0, 0.1) is 12.7 Å². The normalized spacial score (nSPS) is 16.7. The maximum absolute atomic E-state index is 14.6. The van der Waals surface area contributed by atoms with Gasteiger partial charge in [0.15, 0.2) is 0 Å². The number of imide groups is 1. The molecule has 0 radical (unpaired) electrons. The summed E-state index contributed by atoms with van der Waals surface area (Å²) in [6, 6.07) is 12.2. The number of aromatic amines is 1. The third-order valence-corrected chi connectivity index (χ3v) is 6.10. The van der Waals surface area contributed by atoms with Crippen LogP contribution in [0.4, 0.5) is 10.1 Å². The number of rotatable bonds is 4. The van der Waals surface area contributed by atoms with E-state index in [9.17, 15) is 18.8 Å². The number of anilines is 1. The number of hydrogen-bond acceptors (Lipinski definition) is 5. The highest BCUT2D eigenvalue weighted by Gasteiger charge is 2.45. The second-order valence-corrected chi connectivity index (χ2v) is 8.39. The largest absolute Gasteiger partial charge is 0.378 e. The summed E-state index contributed by atoms with van der Waals surface area (Å²) < 4.78 is 21.3. The highest BCUT2D eigenvalue weighted by atomic mass is 35.5. The molecule has 1 aromatic heterocycles. The number of para-hydroxylation sites is 1. The van der Waals surface area contributed by atoms with Gasteiger partial charge in [-0.05, 0) is 37.3 Å². The third-order valence-electron chi connectivity index (χ3n) is 5.87. The number of amides is 2. The van der Waals surface area contributed by atoms with Gasteiger partial charge in [0, 0.05) is 23.8 Å². The summed E-state index contributed by atoms with van der Waals surface area (Å²) in [6.45, 7) is 3.07. The van der Waals surface area contributed by atoms with Crippen molar-refractivity contribution >= 4 is 34.7 Å². The quantitative estimate of drug-likeness (QED) is 0.578. The number of benzene rings is 2. The zero-order valence-electron chi connectivity index (χ0n) is 18.2. The van der Waals surface area contributed by atoms with Crippen LogP contribution in [0.2, 0.25) is 5.02 Å². The molecule has 0 atom stereocenters. The van der Waals surface area contributed by atoms with Crippen molar-refractivity contribution < 1.29 is 18.7 Å². The maximum atomic E-state index is 14.6. The van der Waals surface area contributed by atoms with Gasteiger partial charge in [-0.3, -0.25) is 19.5 Å². The van der Waals surface area contributed by atoms with Crippen LogP contribution >= 0.6 is 11.6 Å². The van der Waals surface area contributed by atoms with Crippen molar-refractivity contribution in [1.82, 2.24) is 14.7 Å². The van der Waals surface area contributed by atoms with Crippen LogP contribution in [0.1, 0.15) is 11.3 Å². The Bertz CT molecular complexity index is 1400. The predicted octanol–water partition coefficient (Wildman–Crippen LogP) is 2.88. The van der Waals surface area contributed by atoms with E-state index in [1.807, 2.05) is 0 Å². The number of morpholine rings is 1. The Morgan fingerprint density at radius 3 is 2.44 bits per heavy atom. The van der Waals surface area contributed by atoms with Crippen molar-refractivity contribution in [3.05, 3.63) is 86.7 Å². The standard InChI is InChI=1S/C24H20ClFN4O4/c1-14-19(23(32)30(27-14)16-6-4-5-15(25)13-16)20-21(28-9-11-34-12-10-28)24(33)29(22(20)31)18-8-3-2-7-17(18)26/h2-8,13,27H,9-12H2,1H3. The van der Waals surface area contributed by atoms with E-state index in [4.69, 9.17) is 16.3 Å². The fraction of sp³-hybridized carbons (Fsp3) is 0.208. The molecule has 3 heterocycles. The monoisotopic (exact) mass is 482 g/mol. The van der Waals surface area contributed by atoms with Gasteiger partial charge in [-0.1, -0.05) is 29.8 Å². The van der Waals surface area contributed by atoms with E-state index >= 15 is 0 Å². The minimum absolute atomic E-state index is 0.0543. The van der Waals surface area contributed by atoms with Crippen LogP contribution in [-0.4, -0.2) is 52.8 Å². The zero-order valence-corrected chi connectivity index (χ0v) is 18.9. The van der Waals surface area contributed by atoms with Crippen molar-refractivity contribution in [3.63, 3.8) is 0 Å². The highest BCUT2D eigenvalue weighted by Crippen LogP contribution is 2.36. The van der Waals surface area contributed by atoms with Crippen molar-refractivity contribution in [2.24, 2.45) is 0 Å². The second kappa shape index (κ2) is 8.58. The Morgan fingerprint density at radius 1 is 1.00 bits per heavy atom. The Kier molecular flexibility index (Phi) is 5.59. The molecule has 2 aromatic carbocycles. The Hall–Kier alpha value is -3.69. The maximum Gasteiger partial charge on any atom is 0.282 e. The summed E-state index contributed by atoms with van der Waals surface area (Å²) in [5, 5.41) is 3.40. The first kappa shape index (κ1) is 22.1. The Balaban J connectivity index is 1.71. The van der Waals surface area contributed by atoms with Crippen LogP contribution in [0.25, 0.3) is 11.3 Å². The second-order valence-electron chi connectivity index (χ2n) is 7.95. The molecular formula is C24H20ClFN4O4. The number of aryl methyl sites for hydroxylation is 1. The van der Waals surface area contributed by atoms with E-state index < -0.39 is 23.2 Å². The number of halogens is 2. The lowest BCUT2D eigenvalue weighted by atomic mass is 10.0. The third kappa shape index (κ3) is 3.53. The summed E-state index contributed by atoms with van der Waals surface area (Å²) in [7, 11) is 0. The zero-order chi connectivity index (χ0) is 24.0. The van der Waals surface area contributed by atoms with Gasteiger partial charge < -0.3 is 9.64 Å². The van der Waals surface area contributed by atoms with E-state index in [0.717, 1.165) is 4.90 Å². The fourth-order valence-corrected chi connectivity index (χ4v) is 4.50. The topological polar surface area (TPSA) is 87.6 Å². The van der Waals surface area contributed by atoms with E-state index in [-0.39, 0.29) is 22.5 Å². The minimum Gasteiger partial charge on any atom is -0.378 e. The van der Waals surface area contributed by atoms with Crippen molar-refractivity contribution in [1.29, 1.82) is 0 Å². The van der Waals surface area contributed by atoms with Crippen LogP contribution in [0.15, 0.2) is 59.0 Å². The van der Waals surface area contributed by atoms with Gasteiger partial charge >= 0.3 is 0 Å². The molecule has 0 aliphatic carbocycles. The first-order chi connectivity index (χ1) is 16.4. The molecule has 1 fully saturated rings. The number of hydrogen-bond donors (Lipinski definition) is 1. The van der Waals surface area contributed by atoms with E-state index in [0.29, 0.717) is 42.7 Å². The Morgan fingerprint density at radius 2 is 1.74 bits per heavy atom. The average molecular weight is 483 g/mol. The van der Waals surface area contributed by atoms with Crippen molar-refractivity contribution in [2.45, 2.75) is 6.92 Å². The molecule has 3 aromatic rings. The number of carbonyl (C=O) groups excluding carboxylic acids is 2. The summed E-state index contributed by atoms with van der Waals surface area (Å²) in [6.07, 6.45) is 0. The summed E-state index contributed by atoms with van der Waals surface area (Å²) in [5.74, 6) is -2.15. The molecular weight excluding hydrogens is 463 g/mol. The molecule has 5 rings (SSSR count). The fourth-order valence-electron chi connectivity index (χ4n) is 4.31. The van der Waals surface area contributed by atoms with Crippen LogP contribution in [0.5, 0.6) is 0 Å². The number of carbonyl (C=O) groups is 2. The van der Waals surface area contributed by atoms with Gasteiger partial charge in [0.25, 0.3) is 17.4 Å². The van der Waals surface area contributed by atoms with Crippen molar-refractivity contribution in [3.8, 4) is 5.69 Å². The Labute approximate surface area is 198 Å². The lowest BCUT2D eigenvalue weighted by Crippen LogP contribution is -2.40. The molecule has 0 unspecified atom stereocenters. The molecule has 2 aliphatic rings. The molecule has 34 heavy (non-hydrogen) atoms. The van der Waals surface area contributed by atoms with Crippen LogP contribution in [-0.2, 0) is 14.3 Å². The van der Waals surface area contributed by atoms with Gasteiger partial charge in [-0.15, -0.1) is 0 Å². The molecule has 1 N–H and O–H groups in total. The average Bonchev–Trinajstić information content (AvgIpc) is 3.26. The molecule has 10 heteroatoms. The van der Waals surface area contributed by atoms with Gasteiger partial charge in [-0.2, -0.15) is 0 Å². The number of nitrogens with one attached hydrogen (secondary N) is 1. The molecule has 2 aliphatic heterocycles. The SMILES string of the molecule is Cc1[nH]n(-c2cccc(Cl)c2)c(=O)c1C1=C(N2CCOCC2)C(=O)N(c2ccccc2F)C1=O. The van der Waals surface area contributed by atoms with E-state index in [2.05, 4.69) is 5.10 Å².